The van der Waals surface area contributed by atoms with Crippen molar-refractivity contribution in [3.8, 4) is 0 Å². The van der Waals surface area contributed by atoms with E-state index in [0.29, 0.717) is 0 Å². The average molecular weight is 393 g/mol. The lowest BCUT2D eigenvalue weighted by Gasteiger charge is -2.23. The highest BCUT2D eigenvalue weighted by atomic mass is 32.1. The van der Waals surface area contributed by atoms with Gasteiger partial charge < -0.3 is 20.4 Å². The maximum absolute atomic E-state index is 12.0. The summed E-state index contributed by atoms with van der Waals surface area (Å²) in [6.07, 6.45) is -1.66. The predicted octanol–water partition coefficient (Wildman–Crippen LogP) is -2.44. The molecule has 0 rings (SSSR count). The number of hydrogen-bond donors (Lipinski definition) is 5. The van der Waals surface area contributed by atoms with Crippen LogP contribution in [0.4, 0.5) is 0 Å². The number of rotatable bonds is 12. The molecule has 0 aromatic heterocycles. The van der Waals surface area contributed by atoms with E-state index in [1.165, 1.54) is 23.9 Å². The second-order valence-corrected chi connectivity index (χ2v) is 6.30. The van der Waals surface area contributed by atoms with E-state index in [1.807, 2.05) is 0 Å². The van der Waals surface area contributed by atoms with Crippen molar-refractivity contribution in [2.45, 2.75) is 31.4 Å². The van der Waals surface area contributed by atoms with Crippen molar-refractivity contribution in [3.63, 3.8) is 0 Å². The fourth-order valence-electron chi connectivity index (χ4n) is 1.76. The molecule has 0 aliphatic heterocycles. The van der Waals surface area contributed by atoms with E-state index in [9.17, 15) is 19.2 Å². The molecule has 0 aliphatic carbocycles. The van der Waals surface area contributed by atoms with Crippen LogP contribution in [0.15, 0.2) is 0 Å². The lowest BCUT2D eigenvalue weighted by molar-refractivity contribution is -0.124. The molecule has 0 fully saturated rings. The molecule has 10 nitrogen and oxygen atoms in total. The van der Waals surface area contributed by atoms with Crippen LogP contribution in [0.1, 0.15) is 16.6 Å². The quantitative estimate of drug-likeness (QED) is 0.143. The fourth-order valence-corrected chi connectivity index (χ4v) is 2.21. The van der Waals surface area contributed by atoms with Gasteiger partial charge in [0.2, 0.25) is 24.6 Å². The summed E-state index contributed by atoms with van der Waals surface area (Å²) in [6, 6.07) is -1.22. The molecule has 0 aromatic rings. The Morgan fingerprint density at radius 2 is 1.31 bits per heavy atom. The monoisotopic (exact) mass is 392 g/mol. The molecule has 0 aliphatic rings. The van der Waals surface area contributed by atoms with E-state index < -0.39 is 30.4 Å². The van der Waals surface area contributed by atoms with Crippen LogP contribution in [-0.2, 0) is 19.2 Å². The minimum Gasteiger partial charge on any atom is -0.353 e. The zero-order chi connectivity index (χ0) is 21.9. The third-order valence-electron chi connectivity index (χ3n) is 3.41. The predicted molar refractivity (Wildman–Crippen MR) is 101 cm³/mol. The van der Waals surface area contributed by atoms with Crippen LogP contribution in [0.3, 0.4) is 0 Å². The van der Waals surface area contributed by atoms with Gasteiger partial charge in [0.05, 0.1) is 12.1 Å². The number of hydrogen-bond acceptors (Lipinski definition) is 7. The lowest BCUT2D eigenvalue weighted by atomic mass is 10.3. The van der Waals surface area contributed by atoms with Crippen molar-refractivity contribution in [1.29, 1.82) is 0 Å². The number of carbonyl (C=O) groups is 4. The number of carbonyl (C=O) groups excluding carboxylic acids is 4. The Balaban J connectivity index is 4.17. The SMILES string of the molecule is [2H]C(=O)N(C)CCNC(=O)[C@H](C)NC(S)N[C@H](C)C(=O)NCCN(C)C([2H])=O. The molecule has 4 N–H and O–H groups in total. The first kappa shape index (κ1) is 20.5. The first-order valence-electron chi connectivity index (χ1n) is 9.14. The second kappa shape index (κ2) is 13.4. The minimum atomic E-state index is -0.828. The zero-order valence-electron chi connectivity index (χ0n) is 17.5. The highest BCUT2D eigenvalue weighted by Crippen LogP contribution is 1.94. The summed E-state index contributed by atoms with van der Waals surface area (Å²) in [6.45, 7) is 4.12. The van der Waals surface area contributed by atoms with E-state index >= 15 is 0 Å². The van der Waals surface area contributed by atoms with Gasteiger partial charge >= 0.3 is 0 Å². The van der Waals surface area contributed by atoms with Crippen molar-refractivity contribution >= 4 is 37.2 Å². The van der Waals surface area contributed by atoms with E-state index in [2.05, 4.69) is 33.9 Å². The topological polar surface area (TPSA) is 123 Å². The van der Waals surface area contributed by atoms with E-state index in [0.717, 1.165) is 0 Å². The van der Waals surface area contributed by atoms with Crippen LogP contribution >= 0.6 is 12.6 Å². The summed E-state index contributed by atoms with van der Waals surface area (Å²) in [5.74, 6) is -0.626. The Labute approximate surface area is 162 Å². The van der Waals surface area contributed by atoms with Gasteiger partial charge in [-0.05, 0) is 13.8 Å². The molecule has 1 unspecified atom stereocenters. The first-order chi connectivity index (χ1) is 13.0. The molecule has 0 heterocycles. The summed E-state index contributed by atoms with van der Waals surface area (Å²) < 4.78 is 13.8. The maximum atomic E-state index is 12.0. The molecule has 0 spiro atoms. The lowest BCUT2D eigenvalue weighted by Crippen LogP contribution is -2.54. The Hall–Kier alpha value is -1.85. The summed E-state index contributed by atoms with van der Waals surface area (Å²) in [4.78, 5) is 47.9. The standard InChI is InChI=1S/C15H30N6O4S/c1-11(13(24)16-5-7-20(3)9-22)18-15(26)19-12(2)14(25)17-6-8-21(4)10-23/h9-12,15,18-19,26H,5-8H2,1-4H3,(H,16,24)(H,17,25)/t11-,12+,15?/i9D,10D. The van der Waals surface area contributed by atoms with E-state index in [1.54, 1.807) is 13.8 Å². The highest BCUT2D eigenvalue weighted by molar-refractivity contribution is 7.80. The molecular formula is C15H30N6O4S. The molecule has 11 heteroatoms. The van der Waals surface area contributed by atoms with Gasteiger partial charge in [-0.1, -0.05) is 0 Å². The van der Waals surface area contributed by atoms with E-state index in [4.69, 9.17) is 2.74 Å². The van der Waals surface area contributed by atoms with Gasteiger partial charge in [0.25, 0.3) is 0 Å². The zero-order valence-corrected chi connectivity index (χ0v) is 16.4. The van der Waals surface area contributed by atoms with Crippen molar-refractivity contribution in [1.82, 2.24) is 31.1 Å². The molecule has 0 saturated heterocycles. The molecule has 150 valence electrons. The number of nitrogens with zero attached hydrogens (tertiary/aromatic N) is 2. The average Bonchev–Trinajstić information content (AvgIpc) is 2.60. The third kappa shape index (κ3) is 10.9. The van der Waals surface area contributed by atoms with Crippen LogP contribution in [-0.4, -0.2) is 92.2 Å². The minimum absolute atomic E-state index is 0.213. The van der Waals surface area contributed by atoms with Crippen molar-refractivity contribution in [2.75, 3.05) is 40.3 Å². The molecule has 0 aromatic carbocycles. The summed E-state index contributed by atoms with van der Waals surface area (Å²) in [5.41, 5.74) is -0.642. The molecule has 4 amide bonds. The van der Waals surface area contributed by atoms with Crippen molar-refractivity contribution in [3.05, 3.63) is 0 Å². The van der Waals surface area contributed by atoms with Crippen molar-refractivity contribution < 1.29 is 21.9 Å². The van der Waals surface area contributed by atoms with Crippen LogP contribution in [0.2, 0.25) is 0 Å². The van der Waals surface area contributed by atoms with Gasteiger partial charge in [-0.25, -0.2) is 0 Å². The molecule has 3 atom stereocenters. The Morgan fingerprint density at radius 1 is 0.962 bits per heavy atom. The normalized spacial score (nSPS) is 15.0. The summed E-state index contributed by atoms with van der Waals surface area (Å²) >= 11 is 4.26. The van der Waals surface area contributed by atoms with Gasteiger partial charge in [-0.3, -0.25) is 29.8 Å². The third-order valence-corrected chi connectivity index (χ3v) is 3.71. The Bertz CT molecular complexity index is 511. The van der Waals surface area contributed by atoms with Crippen molar-refractivity contribution in [2.24, 2.45) is 0 Å². The number of nitrogens with one attached hydrogen (secondary N) is 4. The van der Waals surface area contributed by atoms with Gasteiger partial charge in [0.1, 0.15) is 8.24 Å². The maximum Gasteiger partial charge on any atom is 0.236 e. The van der Waals surface area contributed by atoms with Gasteiger partial charge in [0.15, 0.2) is 0 Å². The van der Waals surface area contributed by atoms with Crippen LogP contribution in [0.25, 0.3) is 0 Å². The fraction of sp³-hybridized carbons (Fsp3) is 0.733. The molecular weight excluding hydrogens is 360 g/mol. The van der Waals surface area contributed by atoms with Crippen LogP contribution in [0.5, 0.6) is 0 Å². The Kier molecular flexibility index (Phi) is 10.5. The van der Waals surface area contributed by atoms with Crippen LogP contribution < -0.4 is 21.3 Å². The summed E-state index contributed by atoms with van der Waals surface area (Å²) in [7, 11) is 2.93. The molecule has 26 heavy (non-hydrogen) atoms. The van der Waals surface area contributed by atoms with Gasteiger partial charge in [0, 0.05) is 40.3 Å². The number of likely N-dealkylation sites (N-methyl/N-ethyl adjacent to an activating group) is 2. The molecule has 0 bridgehead atoms. The van der Waals surface area contributed by atoms with E-state index in [-0.39, 0.29) is 38.0 Å². The summed E-state index contributed by atoms with van der Waals surface area (Å²) in [5, 5.41) is 11.0. The number of thiol groups is 1. The van der Waals surface area contributed by atoms with Gasteiger partial charge in [-0.15, -0.1) is 12.6 Å². The first-order valence-corrected chi connectivity index (χ1v) is 8.66. The highest BCUT2D eigenvalue weighted by Gasteiger charge is 2.19. The second-order valence-electron chi connectivity index (χ2n) is 5.79. The smallest absolute Gasteiger partial charge is 0.236 e. The Morgan fingerprint density at radius 3 is 1.62 bits per heavy atom. The number of amides is 4. The molecule has 0 saturated carbocycles. The molecule has 0 radical (unpaired) electrons. The largest absolute Gasteiger partial charge is 0.353 e. The van der Waals surface area contributed by atoms with Gasteiger partial charge in [-0.2, -0.15) is 0 Å². The van der Waals surface area contributed by atoms with Crippen LogP contribution in [0, 0.1) is 0 Å².